The van der Waals surface area contributed by atoms with E-state index in [0.717, 1.165) is 5.56 Å². The Morgan fingerprint density at radius 1 is 1.06 bits per heavy atom. The topological polar surface area (TPSA) is 111 Å². The van der Waals surface area contributed by atoms with Gasteiger partial charge in [-0.05, 0) is 67.5 Å². The van der Waals surface area contributed by atoms with E-state index in [4.69, 9.17) is 32.2 Å². The highest BCUT2D eigenvalue weighted by Gasteiger charge is 2.43. The van der Waals surface area contributed by atoms with E-state index in [0.29, 0.717) is 35.7 Å². The molecule has 0 aliphatic carbocycles. The molecule has 0 bridgehead atoms. The molecule has 2 amide bonds. The van der Waals surface area contributed by atoms with E-state index >= 15 is 0 Å². The van der Waals surface area contributed by atoms with Crippen LogP contribution in [0.4, 0.5) is 5.69 Å². The number of primary amides is 1. The molecular weight excluding hydrogens is 458 g/mol. The molecule has 9 nitrogen and oxygen atoms in total. The molecule has 1 atom stereocenters. The lowest BCUT2D eigenvalue weighted by Crippen LogP contribution is -2.39. The minimum atomic E-state index is -0.810. The van der Waals surface area contributed by atoms with Gasteiger partial charge in [0.1, 0.15) is 6.04 Å². The van der Waals surface area contributed by atoms with Crippen molar-refractivity contribution in [3.63, 3.8) is 0 Å². The van der Waals surface area contributed by atoms with Gasteiger partial charge in [0.2, 0.25) is 5.91 Å². The van der Waals surface area contributed by atoms with Gasteiger partial charge in [-0.3, -0.25) is 14.5 Å². The Morgan fingerprint density at radius 3 is 2.32 bits per heavy atom. The summed E-state index contributed by atoms with van der Waals surface area (Å²) in [5, 5.41) is 0.264. The summed E-state index contributed by atoms with van der Waals surface area (Å²) in [6.45, 7) is 2.37. The lowest BCUT2D eigenvalue weighted by molar-refractivity contribution is -0.125. The van der Waals surface area contributed by atoms with Crippen LogP contribution in [-0.2, 0) is 20.7 Å². The number of hydrogen-bond acceptors (Lipinski definition) is 7. The van der Waals surface area contributed by atoms with Crippen molar-refractivity contribution in [2.75, 3.05) is 32.3 Å². The third kappa shape index (κ3) is 5.28. The lowest BCUT2D eigenvalue weighted by Gasteiger charge is -2.23. The monoisotopic (exact) mass is 485 g/mol. The van der Waals surface area contributed by atoms with E-state index in [-0.39, 0.29) is 24.0 Å². The van der Waals surface area contributed by atoms with Gasteiger partial charge >= 0.3 is 5.97 Å². The molecule has 2 aromatic rings. The summed E-state index contributed by atoms with van der Waals surface area (Å²) < 4.78 is 15.6. The number of ether oxygens (including phenoxy) is 3. The van der Waals surface area contributed by atoms with Crippen LogP contribution in [0.25, 0.3) is 0 Å². The van der Waals surface area contributed by atoms with Crippen LogP contribution in [0.3, 0.4) is 0 Å². The first-order chi connectivity index (χ1) is 16.3. The molecule has 10 heteroatoms. The Morgan fingerprint density at radius 2 is 1.74 bits per heavy atom. The molecule has 180 valence electrons. The fraction of sp³-hybridized carbons (Fsp3) is 0.333. The largest absolute Gasteiger partial charge is 0.493 e. The van der Waals surface area contributed by atoms with Crippen molar-refractivity contribution in [1.82, 2.24) is 4.90 Å². The molecule has 2 N–H and O–H groups in total. The highest BCUT2D eigenvalue weighted by Crippen LogP contribution is 2.30. The van der Waals surface area contributed by atoms with Crippen molar-refractivity contribution in [2.45, 2.75) is 25.8 Å². The maximum atomic E-state index is 13.2. The summed E-state index contributed by atoms with van der Waals surface area (Å²) in [4.78, 5) is 40.0. The van der Waals surface area contributed by atoms with Crippen LogP contribution in [0.2, 0.25) is 0 Å². The predicted octanol–water partition coefficient (Wildman–Crippen LogP) is 2.30. The summed E-state index contributed by atoms with van der Waals surface area (Å²) in [5.74, 6) is -0.191. The van der Waals surface area contributed by atoms with E-state index in [2.05, 4.69) is 0 Å². The summed E-state index contributed by atoms with van der Waals surface area (Å²) in [5.41, 5.74) is 7.23. The number of methoxy groups -OCH3 is 2. The minimum absolute atomic E-state index is 0.164. The first-order valence-electron chi connectivity index (χ1n) is 10.7. The van der Waals surface area contributed by atoms with Crippen LogP contribution in [0, 0.1) is 0 Å². The van der Waals surface area contributed by atoms with Crippen LogP contribution >= 0.6 is 12.2 Å². The van der Waals surface area contributed by atoms with Crippen LogP contribution in [0.15, 0.2) is 42.5 Å². The smallest absolute Gasteiger partial charge is 0.338 e. The summed E-state index contributed by atoms with van der Waals surface area (Å²) >= 11 is 5.62. The number of anilines is 1. The zero-order chi connectivity index (χ0) is 24.8. The Bertz CT molecular complexity index is 1090. The second kappa shape index (κ2) is 11.0. The molecule has 0 radical (unpaired) electrons. The average Bonchev–Trinajstić information content (AvgIpc) is 3.05. The molecule has 34 heavy (non-hydrogen) atoms. The van der Waals surface area contributed by atoms with E-state index < -0.39 is 17.9 Å². The van der Waals surface area contributed by atoms with E-state index in [9.17, 15) is 14.4 Å². The van der Waals surface area contributed by atoms with Crippen LogP contribution < -0.4 is 20.1 Å². The SMILES string of the molecule is CCOC(=O)c1ccc(N2C(=O)[C@H](CC(N)=O)N(CCc3ccc(OC)c(OC)c3)C2=S)cc1. The fourth-order valence-corrected chi connectivity index (χ4v) is 4.18. The Labute approximate surface area is 203 Å². The number of hydrogen-bond donors (Lipinski definition) is 1. The minimum Gasteiger partial charge on any atom is -0.493 e. The highest BCUT2D eigenvalue weighted by atomic mass is 32.1. The Hall–Kier alpha value is -3.66. The normalized spacial score (nSPS) is 15.4. The third-order valence-electron chi connectivity index (χ3n) is 5.44. The van der Waals surface area contributed by atoms with Gasteiger partial charge in [-0.2, -0.15) is 0 Å². The van der Waals surface area contributed by atoms with Crippen molar-refractivity contribution in [3.8, 4) is 11.5 Å². The molecule has 0 aromatic heterocycles. The third-order valence-corrected chi connectivity index (χ3v) is 5.86. The average molecular weight is 486 g/mol. The Kier molecular flexibility index (Phi) is 8.06. The molecule has 0 saturated carbocycles. The van der Waals surface area contributed by atoms with Crippen molar-refractivity contribution in [1.29, 1.82) is 0 Å². The summed E-state index contributed by atoms with van der Waals surface area (Å²) in [7, 11) is 3.12. The van der Waals surface area contributed by atoms with Crippen LogP contribution in [0.1, 0.15) is 29.3 Å². The number of benzene rings is 2. The van der Waals surface area contributed by atoms with Gasteiger partial charge in [0.05, 0.1) is 38.5 Å². The molecule has 0 unspecified atom stereocenters. The molecule has 3 rings (SSSR count). The van der Waals surface area contributed by atoms with Gasteiger partial charge in [0.25, 0.3) is 5.91 Å². The van der Waals surface area contributed by atoms with Crippen molar-refractivity contribution in [3.05, 3.63) is 53.6 Å². The molecule has 2 aromatic carbocycles. The first-order valence-corrected chi connectivity index (χ1v) is 11.1. The second-order valence-electron chi connectivity index (χ2n) is 7.54. The van der Waals surface area contributed by atoms with Gasteiger partial charge in [0.15, 0.2) is 16.6 Å². The number of carbonyl (C=O) groups is 3. The predicted molar refractivity (Wildman–Crippen MR) is 130 cm³/mol. The molecule has 1 aliphatic heterocycles. The van der Waals surface area contributed by atoms with Crippen LogP contribution in [-0.4, -0.2) is 61.2 Å². The van der Waals surface area contributed by atoms with Crippen LogP contribution in [0.5, 0.6) is 11.5 Å². The van der Waals surface area contributed by atoms with Crippen molar-refractivity contribution >= 4 is 40.8 Å². The second-order valence-corrected chi connectivity index (χ2v) is 7.91. The highest BCUT2D eigenvalue weighted by molar-refractivity contribution is 7.80. The van der Waals surface area contributed by atoms with E-state index in [1.54, 1.807) is 56.4 Å². The molecule has 1 aliphatic rings. The maximum absolute atomic E-state index is 13.2. The maximum Gasteiger partial charge on any atom is 0.338 e. The van der Waals surface area contributed by atoms with Gasteiger partial charge < -0.3 is 24.8 Å². The number of esters is 1. The van der Waals surface area contributed by atoms with E-state index in [1.807, 2.05) is 12.1 Å². The number of amides is 2. The number of nitrogens with two attached hydrogens (primary N) is 1. The summed E-state index contributed by atoms with van der Waals surface area (Å²) in [6, 6.07) is 11.1. The summed E-state index contributed by atoms with van der Waals surface area (Å²) in [6.07, 6.45) is 0.376. The lowest BCUT2D eigenvalue weighted by atomic mass is 10.1. The molecule has 1 fully saturated rings. The quantitative estimate of drug-likeness (QED) is 0.403. The molecule has 1 heterocycles. The number of nitrogens with zero attached hydrogens (tertiary/aromatic N) is 2. The standard InChI is InChI=1S/C24H27N3O6S/c1-4-33-23(30)16-6-8-17(9-7-16)27-22(29)18(14-21(25)28)26(24(27)34)12-11-15-5-10-19(31-2)20(13-15)32-3/h5-10,13,18H,4,11-12,14H2,1-3H3,(H2,25,28)/t18-/m0/s1. The first kappa shape index (κ1) is 25.0. The fourth-order valence-electron chi connectivity index (χ4n) is 3.76. The Balaban J connectivity index is 1.82. The van der Waals surface area contributed by atoms with Gasteiger partial charge in [-0.25, -0.2) is 4.79 Å². The van der Waals surface area contributed by atoms with Gasteiger partial charge in [-0.15, -0.1) is 0 Å². The number of rotatable bonds is 10. The number of carbonyl (C=O) groups excluding carboxylic acids is 3. The molecule has 1 saturated heterocycles. The number of thiocarbonyl (C=S) groups is 1. The van der Waals surface area contributed by atoms with Gasteiger partial charge in [0, 0.05) is 6.54 Å². The molecule has 0 spiro atoms. The van der Waals surface area contributed by atoms with Crippen molar-refractivity contribution in [2.24, 2.45) is 5.73 Å². The van der Waals surface area contributed by atoms with E-state index in [1.165, 1.54) is 4.90 Å². The zero-order valence-corrected chi connectivity index (χ0v) is 20.1. The molecular formula is C24H27N3O6S. The van der Waals surface area contributed by atoms with Gasteiger partial charge in [-0.1, -0.05) is 6.07 Å². The zero-order valence-electron chi connectivity index (χ0n) is 19.3. The van der Waals surface area contributed by atoms with Crippen molar-refractivity contribution < 1.29 is 28.6 Å².